The van der Waals surface area contributed by atoms with Crippen molar-refractivity contribution in [2.24, 2.45) is 5.92 Å². The normalized spacial score (nSPS) is 28.6. The Morgan fingerprint density at radius 2 is 2.00 bits per heavy atom. The molecule has 2 aliphatic heterocycles. The van der Waals surface area contributed by atoms with E-state index in [1.54, 1.807) is 0 Å². The molecule has 1 saturated heterocycles. The largest absolute Gasteiger partial charge is 0.383 e. The second-order valence-corrected chi connectivity index (χ2v) is 4.55. The predicted molar refractivity (Wildman–Crippen MR) is 59.8 cm³/mol. The van der Waals surface area contributed by atoms with Crippen molar-refractivity contribution in [2.45, 2.75) is 32.7 Å². The third-order valence-electron chi connectivity index (χ3n) is 3.20. The zero-order valence-corrected chi connectivity index (χ0v) is 9.16. The number of nitrogens with zero attached hydrogens (tertiary/aromatic N) is 1. The van der Waals surface area contributed by atoms with Gasteiger partial charge in [-0.25, -0.2) is 0 Å². The Balaban J connectivity index is 1.93. The van der Waals surface area contributed by atoms with Gasteiger partial charge in [-0.3, -0.25) is 0 Å². The first kappa shape index (κ1) is 9.63. The van der Waals surface area contributed by atoms with Crippen LogP contribution in [0.3, 0.4) is 0 Å². The van der Waals surface area contributed by atoms with Crippen LogP contribution in [0, 0.1) is 5.92 Å². The van der Waals surface area contributed by atoms with Gasteiger partial charge >= 0.3 is 0 Å². The molecule has 2 aliphatic rings. The van der Waals surface area contributed by atoms with Gasteiger partial charge in [0.15, 0.2) is 0 Å². The number of hydrogen-bond donors (Lipinski definition) is 1. The monoisotopic (exact) mass is 192 g/mol. The summed E-state index contributed by atoms with van der Waals surface area (Å²) in [7, 11) is 0. The van der Waals surface area contributed by atoms with E-state index in [1.165, 1.54) is 31.6 Å². The van der Waals surface area contributed by atoms with Gasteiger partial charge < -0.3 is 10.2 Å². The lowest BCUT2D eigenvalue weighted by atomic mass is 9.98. The molecular formula is C12H20N2. The summed E-state index contributed by atoms with van der Waals surface area (Å²) in [6.07, 6.45) is 9.30. The van der Waals surface area contributed by atoms with E-state index in [9.17, 15) is 0 Å². The van der Waals surface area contributed by atoms with Crippen LogP contribution in [0.25, 0.3) is 0 Å². The average molecular weight is 192 g/mol. The Kier molecular flexibility index (Phi) is 2.80. The summed E-state index contributed by atoms with van der Waals surface area (Å²) in [5, 5.41) is 3.35. The number of likely N-dealkylation sites (tertiary alicyclic amines) is 1. The summed E-state index contributed by atoms with van der Waals surface area (Å²) in [6.45, 7) is 6.95. The van der Waals surface area contributed by atoms with E-state index in [0.717, 1.165) is 5.92 Å². The third kappa shape index (κ3) is 2.11. The molecule has 0 bridgehead atoms. The van der Waals surface area contributed by atoms with Gasteiger partial charge in [0.1, 0.15) is 0 Å². The zero-order chi connectivity index (χ0) is 9.97. The SMILES string of the molecule is CC1CCN(C2=CNC(C)C=C2)CC1. The Morgan fingerprint density at radius 1 is 1.29 bits per heavy atom. The summed E-state index contributed by atoms with van der Waals surface area (Å²) in [4.78, 5) is 2.48. The lowest BCUT2D eigenvalue weighted by Gasteiger charge is -2.34. The first-order chi connectivity index (χ1) is 6.75. The van der Waals surface area contributed by atoms with Crippen LogP contribution in [0.4, 0.5) is 0 Å². The number of dihydropyridines is 1. The summed E-state index contributed by atoms with van der Waals surface area (Å²) in [5.74, 6) is 0.909. The lowest BCUT2D eigenvalue weighted by Crippen LogP contribution is -2.34. The lowest BCUT2D eigenvalue weighted by molar-refractivity contribution is 0.241. The number of rotatable bonds is 1. The fraction of sp³-hybridized carbons (Fsp3) is 0.667. The van der Waals surface area contributed by atoms with Gasteiger partial charge in [0.2, 0.25) is 0 Å². The molecule has 0 spiro atoms. The highest BCUT2D eigenvalue weighted by atomic mass is 15.1. The van der Waals surface area contributed by atoms with Crippen molar-refractivity contribution in [3.63, 3.8) is 0 Å². The quantitative estimate of drug-likeness (QED) is 0.684. The second-order valence-electron chi connectivity index (χ2n) is 4.55. The molecule has 2 heterocycles. The number of hydrogen-bond acceptors (Lipinski definition) is 2. The van der Waals surface area contributed by atoms with Gasteiger partial charge in [0.25, 0.3) is 0 Å². The van der Waals surface area contributed by atoms with Crippen LogP contribution in [0.15, 0.2) is 24.0 Å². The summed E-state index contributed by atoms with van der Waals surface area (Å²) in [5.41, 5.74) is 1.36. The van der Waals surface area contributed by atoms with Gasteiger partial charge in [-0.1, -0.05) is 13.0 Å². The van der Waals surface area contributed by atoms with E-state index in [-0.39, 0.29) is 0 Å². The van der Waals surface area contributed by atoms with Crippen LogP contribution < -0.4 is 5.32 Å². The van der Waals surface area contributed by atoms with Crippen LogP contribution in [0.2, 0.25) is 0 Å². The zero-order valence-electron chi connectivity index (χ0n) is 9.16. The van der Waals surface area contributed by atoms with Crippen LogP contribution >= 0.6 is 0 Å². The molecule has 0 aromatic heterocycles. The van der Waals surface area contributed by atoms with E-state index in [1.807, 2.05) is 0 Å². The summed E-state index contributed by atoms with van der Waals surface area (Å²) in [6, 6.07) is 0.488. The van der Waals surface area contributed by atoms with Crippen molar-refractivity contribution in [1.29, 1.82) is 0 Å². The summed E-state index contributed by atoms with van der Waals surface area (Å²) >= 11 is 0. The van der Waals surface area contributed by atoms with Crippen LogP contribution in [-0.2, 0) is 0 Å². The molecule has 2 rings (SSSR count). The van der Waals surface area contributed by atoms with Gasteiger partial charge in [-0.2, -0.15) is 0 Å². The van der Waals surface area contributed by atoms with Gasteiger partial charge in [0.05, 0.1) is 5.70 Å². The van der Waals surface area contributed by atoms with Crippen molar-refractivity contribution < 1.29 is 0 Å². The molecule has 2 nitrogen and oxygen atoms in total. The molecule has 0 aliphatic carbocycles. The van der Waals surface area contributed by atoms with Gasteiger partial charge in [-0.15, -0.1) is 0 Å². The van der Waals surface area contributed by atoms with Crippen LogP contribution in [-0.4, -0.2) is 24.0 Å². The number of nitrogens with one attached hydrogen (secondary N) is 1. The molecule has 78 valence electrons. The average Bonchev–Trinajstić information content (AvgIpc) is 2.21. The molecule has 1 N–H and O–H groups in total. The fourth-order valence-electron chi connectivity index (χ4n) is 2.03. The summed E-state index contributed by atoms with van der Waals surface area (Å²) < 4.78 is 0. The standard InChI is InChI=1S/C12H20N2/c1-10-5-7-14(8-6-10)12-4-3-11(2)13-9-12/h3-4,9-11,13H,5-8H2,1-2H3. The molecule has 2 heteroatoms. The van der Waals surface area contributed by atoms with Crippen LogP contribution in [0.5, 0.6) is 0 Å². The Morgan fingerprint density at radius 3 is 2.57 bits per heavy atom. The van der Waals surface area contributed by atoms with E-state index in [4.69, 9.17) is 0 Å². The van der Waals surface area contributed by atoms with Gasteiger partial charge in [-0.05, 0) is 31.8 Å². The molecule has 1 unspecified atom stereocenters. The maximum atomic E-state index is 3.35. The molecule has 0 radical (unpaired) electrons. The molecule has 0 aromatic carbocycles. The maximum absolute atomic E-state index is 3.35. The highest BCUT2D eigenvalue weighted by molar-refractivity contribution is 5.23. The molecular weight excluding hydrogens is 172 g/mol. The minimum absolute atomic E-state index is 0.488. The Bertz CT molecular complexity index is 247. The van der Waals surface area contributed by atoms with Crippen molar-refractivity contribution in [2.75, 3.05) is 13.1 Å². The second kappa shape index (κ2) is 4.07. The highest BCUT2D eigenvalue weighted by Gasteiger charge is 2.17. The van der Waals surface area contributed by atoms with Gasteiger partial charge in [0, 0.05) is 25.3 Å². The van der Waals surface area contributed by atoms with E-state index in [2.05, 4.69) is 42.4 Å². The van der Waals surface area contributed by atoms with Crippen molar-refractivity contribution >= 4 is 0 Å². The van der Waals surface area contributed by atoms with Crippen molar-refractivity contribution in [3.05, 3.63) is 24.0 Å². The number of allylic oxidation sites excluding steroid dienone is 1. The molecule has 0 aromatic rings. The Labute approximate surface area is 86.7 Å². The molecule has 1 fully saturated rings. The third-order valence-corrected chi connectivity index (χ3v) is 3.20. The molecule has 14 heavy (non-hydrogen) atoms. The molecule has 1 atom stereocenters. The molecule has 0 saturated carbocycles. The van der Waals surface area contributed by atoms with E-state index < -0.39 is 0 Å². The first-order valence-corrected chi connectivity index (χ1v) is 5.65. The van der Waals surface area contributed by atoms with Crippen molar-refractivity contribution in [3.8, 4) is 0 Å². The minimum Gasteiger partial charge on any atom is -0.383 e. The maximum Gasteiger partial charge on any atom is 0.0523 e. The molecule has 0 amide bonds. The minimum atomic E-state index is 0.488. The van der Waals surface area contributed by atoms with Crippen LogP contribution in [0.1, 0.15) is 26.7 Å². The van der Waals surface area contributed by atoms with Crippen molar-refractivity contribution in [1.82, 2.24) is 10.2 Å². The number of piperidine rings is 1. The smallest absolute Gasteiger partial charge is 0.0523 e. The predicted octanol–water partition coefficient (Wildman–Crippen LogP) is 2.11. The fourth-order valence-corrected chi connectivity index (χ4v) is 2.03. The van der Waals surface area contributed by atoms with E-state index in [0.29, 0.717) is 6.04 Å². The first-order valence-electron chi connectivity index (χ1n) is 5.65. The topological polar surface area (TPSA) is 15.3 Å². The Hall–Kier alpha value is -0.920. The van der Waals surface area contributed by atoms with E-state index >= 15 is 0 Å². The highest BCUT2D eigenvalue weighted by Crippen LogP contribution is 2.20.